The van der Waals surface area contributed by atoms with Gasteiger partial charge < -0.3 is 15.7 Å². The topological polar surface area (TPSA) is 69.0 Å². The fourth-order valence-electron chi connectivity index (χ4n) is 2.18. The Labute approximate surface area is 149 Å². The Bertz CT molecular complexity index is 656. The summed E-state index contributed by atoms with van der Waals surface area (Å²) in [5, 5.41) is 16.3. The predicted octanol–water partition coefficient (Wildman–Crippen LogP) is 2.11. The molecule has 0 heterocycles. The summed E-state index contributed by atoms with van der Waals surface area (Å²) < 4.78 is 0. The lowest BCUT2D eigenvalue weighted by atomic mass is 10.2. The van der Waals surface area contributed by atoms with Gasteiger partial charge in [0, 0.05) is 44.2 Å². The van der Waals surface area contributed by atoms with E-state index >= 15 is 0 Å². The predicted molar refractivity (Wildman–Crippen MR) is 105 cm³/mol. The van der Waals surface area contributed by atoms with Crippen molar-refractivity contribution in [2.45, 2.75) is 0 Å². The molecule has 2 aromatic carbocycles. The van der Waals surface area contributed by atoms with Crippen molar-refractivity contribution in [2.24, 2.45) is 9.98 Å². The van der Waals surface area contributed by atoms with Gasteiger partial charge in [-0.1, -0.05) is 42.5 Å². The van der Waals surface area contributed by atoms with E-state index in [-0.39, 0.29) is 5.75 Å². The van der Waals surface area contributed by atoms with E-state index in [1.165, 1.54) is 0 Å². The Kier molecular flexibility index (Phi) is 9.00. The van der Waals surface area contributed by atoms with Crippen LogP contribution in [0.25, 0.3) is 0 Å². The highest BCUT2D eigenvalue weighted by Gasteiger charge is 1.94. The smallest absolute Gasteiger partial charge is 0.124 e. The van der Waals surface area contributed by atoms with Crippen LogP contribution < -0.4 is 10.6 Å². The van der Waals surface area contributed by atoms with E-state index in [2.05, 4.69) is 20.6 Å². The summed E-state index contributed by atoms with van der Waals surface area (Å²) in [6, 6.07) is 17.3. The van der Waals surface area contributed by atoms with E-state index in [0.29, 0.717) is 6.54 Å². The number of phenolic OH excluding ortho intramolecular Hbond substituents is 1. The van der Waals surface area contributed by atoms with E-state index in [0.717, 1.165) is 43.9 Å². The minimum absolute atomic E-state index is 0.262. The van der Waals surface area contributed by atoms with Crippen LogP contribution >= 0.6 is 0 Å². The zero-order valence-corrected chi connectivity index (χ0v) is 14.4. The van der Waals surface area contributed by atoms with Gasteiger partial charge in [0.05, 0.1) is 13.1 Å². The summed E-state index contributed by atoms with van der Waals surface area (Å²) in [7, 11) is 0. The Morgan fingerprint density at radius 1 is 0.720 bits per heavy atom. The SMILES string of the molecule is Oc1ccccc1/C=N\CCNCCNCC/N=C\c1ccccc1. The molecule has 3 N–H and O–H groups in total. The van der Waals surface area contributed by atoms with Crippen molar-refractivity contribution in [3.63, 3.8) is 0 Å². The fraction of sp³-hybridized carbons (Fsp3) is 0.300. The molecule has 0 saturated carbocycles. The number of para-hydroxylation sites is 1. The molecule has 5 nitrogen and oxygen atoms in total. The van der Waals surface area contributed by atoms with E-state index in [1.54, 1.807) is 18.3 Å². The summed E-state index contributed by atoms with van der Waals surface area (Å²) in [6.07, 6.45) is 3.61. The number of rotatable bonds is 11. The number of nitrogens with zero attached hydrogens (tertiary/aromatic N) is 2. The maximum Gasteiger partial charge on any atom is 0.124 e. The molecular weight excluding hydrogens is 312 g/mol. The standard InChI is InChI=1S/C20H26N4O/c25-20-9-5-4-8-19(20)17-24-15-13-22-11-10-21-12-14-23-16-18-6-2-1-3-7-18/h1-9,16-17,21-22,25H,10-15H2/b23-16-,24-17-. The summed E-state index contributed by atoms with van der Waals surface area (Å²) in [4.78, 5) is 8.69. The second kappa shape index (κ2) is 11.9. The molecule has 5 heteroatoms. The Morgan fingerprint density at radius 3 is 2.00 bits per heavy atom. The monoisotopic (exact) mass is 338 g/mol. The van der Waals surface area contributed by atoms with E-state index in [9.17, 15) is 5.11 Å². The van der Waals surface area contributed by atoms with Crippen LogP contribution in [0.2, 0.25) is 0 Å². The first kappa shape index (κ1) is 18.8. The van der Waals surface area contributed by atoms with Crippen LogP contribution in [0.15, 0.2) is 64.6 Å². The van der Waals surface area contributed by atoms with Gasteiger partial charge in [-0.15, -0.1) is 0 Å². The number of phenols is 1. The van der Waals surface area contributed by atoms with Crippen LogP contribution in [0.1, 0.15) is 11.1 Å². The molecular formula is C20H26N4O. The van der Waals surface area contributed by atoms with Gasteiger partial charge in [0.2, 0.25) is 0 Å². The van der Waals surface area contributed by atoms with Gasteiger partial charge in [-0.25, -0.2) is 0 Å². The Balaban J connectivity index is 1.43. The Morgan fingerprint density at radius 2 is 1.32 bits per heavy atom. The van der Waals surface area contributed by atoms with Crippen LogP contribution in [0.5, 0.6) is 5.75 Å². The van der Waals surface area contributed by atoms with Gasteiger partial charge >= 0.3 is 0 Å². The molecule has 0 atom stereocenters. The minimum atomic E-state index is 0.262. The number of nitrogens with one attached hydrogen (secondary N) is 2. The second-order valence-electron chi connectivity index (χ2n) is 5.54. The molecule has 2 aromatic rings. The molecule has 0 unspecified atom stereocenters. The third-order valence-corrected chi connectivity index (χ3v) is 3.52. The lowest BCUT2D eigenvalue weighted by Crippen LogP contribution is -2.30. The van der Waals surface area contributed by atoms with E-state index in [1.807, 2.05) is 48.7 Å². The molecule has 132 valence electrons. The summed E-state index contributed by atoms with van der Waals surface area (Å²) >= 11 is 0. The highest BCUT2D eigenvalue weighted by molar-refractivity contribution is 5.83. The zero-order chi connectivity index (χ0) is 17.6. The van der Waals surface area contributed by atoms with Gasteiger partial charge in [-0.05, 0) is 17.7 Å². The van der Waals surface area contributed by atoms with Gasteiger partial charge in [-0.3, -0.25) is 9.98 Å². The number of benzene rings is 2. The van der Waals surface area contributed by atoms with Gasteiger partial charge in [-0.2, -0.15) is 0 Å². The number of hydrogen-bond acceptors (Lipinski definition) is 5. The minimum Gasteiger partial charge on any atom is -0.507 e. The summed E-state index contributed by atoms with van der Waals surface area (Å²) in [5.41, 5.74) is 1.88. The average Bonchev–Trinajstić information content (AvgIpc) is 2.65. The van der Waals surface area contributed by atoms with Gasteiger partial charge in [0.25, 0.3) is 0 Å². The maximum atomic E-state index is 9.61. The molecule has 0 radical (unpaired) electrons. The van der Waals surface area contributed by atoms with Gasteiger partial charge in [0.1, 0.15) is 5.75 Å². The summed E-state index contributed by atoms with van der Waals surface area (Å²) in [5.74, 6) is 0.262. The van der Waals surface area contributed by atoms with Crippen molar-refractivity contribution in [1.82, 2.24) is 10.6 Å². The molecule has 2 rings (SSSR count). The number of aromatic hydroxyl groups is 1. The lowest BCUT2D eigenvalue weighted by Gasteiger charge is -2.04. The molecule has 0 aromatic heterocycles. The molecule has 0 bridgehead atoms. The molecule has 0 spiro atoms. The van der Waals surface area contributed by atoms with Crippen molar-refractivity contribution in [2.75, 3.05) is 39.3 Å². The second-order valence-corrected chi connectivity index (χ2v) is 5.54. The normalized spacial score (nSPS) is 11.5. The quantitative estimate of drug-likeness (QED) is 0.434. The first-order chi connectivity index (χ1) is 12.4. The van der Waals surface area contributed by atoms with E-state index in [4.69, 9.17) is 0 Å². The molecule has 25 heavy (non-hydrogen) atoms. The molecule has 0 aliphatic heterocycles. The van der Waals surface area contributed by atoms with E-state index < -0.39 is 0 Å². The average molecular weight is 338 g/mol. The maximum absolute atomic E-state index is 9.61. The molecule has 0 amide bonds. The lowest BCUT2D eigenvalue weighted by molar-refractivity contribution is 0.474. The zero-order valence-electron chi connectivity index (χ0n) is 14.4. The Hall–Kier alpha value is -2.50. The highest BCUT2D eigenvalue weighted by Crippen LogP contribution is 2.12. The number of hydrogen-bond donors (Lipinski definition) is 3. The third kappa shape index (κ3) is 8.24. The molecule has 0 aliphatic carbocycles. The van der Waals surface area contributed by atoms with Crippen molar-refractivity contribution in [3.05, 3.63) is 65.7 Å². The number of aliphatic imine (C=N–C) groups is 2. The van der Waals surface area contributed by atoms with Crippen LogP contribution in [0.4, 0.5) is 0 Å². The first-order valence-electron chi connectivity index (χ1n) is 8.60. The van der Waals surface area contributed by atoms with Crippen molar-refractivity contribution in [3.8, 4) is 5.75 Å². The van der Waals surface area contributed by atoms with Crippen molar-refractivity contribution in [1.29, 1.82) is 0 Å². The van der Waals surface area contributed by atoms with Crippen LogP contribution in [0, 0.1) is 0 Å². The fourth-order valence-corrected chi connectivity index (χ4v) is 2.18. The first-order valence-corrected chi connectivity index (χ1v) is 8.60. The highest BCUT2D eigenvalue weighted by atomic mass is 16.3. The molecule has 0 aliphatic rings. The largest absolute Gasteiger partial charge is 0.507 e. The van der Waals surface area contributed by atoms with Crippen LogP contribution in [0.3, 0.4) is 0 Å². The van der Waals surface area contributed by atoms with Crippen LogP contribution in [-0.2, 0) is 0 Å². The van der Waals surface area contributed by atoms with Crippen molar-refractivity contribution < 1.29 is 5.11 Å². The summed E-state index contributed by atoms with van der Waals surface area (Å²) in [6.45, 7) is 4.96. The van der Waals surface area contributed by atoms with Gasteiger partial charge in [0.15, 0.2) is 0 Å². The molecule has 0 saturated heterocycles. The third-order valence-electron chi connectivity index (χ3n) is 3.52. The van der Waals surface area contributed by atoms with Crippen LogP contribution in [-0.4, -0.2) is 56.8 Å². The molecule has 0 fully saturated rings. The van der Waals surface area contributed by atoms with Crippen molar-refractivity contribution >= 4 is 12.4 Å².